The Morgan fingerprint density at radius 2 is 1.88 bits per heavy atom. The summed E-state index contributed by atoms with van der Waals surface area (Å²) in [5.41, 5.74) is 0.774. The lowest BCUT2D eigenvalue weighted by Gasteiger charge is -2.38. The highest BCUT2D eigenvalue weighted by molar-refractivity contribution is 6.03. The zero-order valence-corrected chi connectivity index (χ0v) is 15.3. The molecular weight excluding hydrogens is 334 g/mol. The summed E-state index contributed by atoms with van der Waals surface area (Å²) >= 11 is 0. The Balaban J connectivity index is 1.92. The number of hydrogen-bond donors (Lipinski definition) is 2. The van der Waals surface area contributed by atoms with E-state index in [4.69, 9.17) is 0 Å². The van der Waals surface area contributed by atoms with Crippen LogP contribution in [0.3, 0.4) is 0 Å². The van der Waals surface area contributed by atoms with Gasteiger partial charge in [-0.25, -0.2) is 9.79 Å². The van der Waals surface area contributed by atoms with Gasteiger partial charge in [0.2, 0.25) is 0 Å². The van der Waals surface area contributed by atoms with Crippen molar-refractivity contribution in [3.63, 3.8) is 0 Å². The van der Waals surface area contributed by atoms with E-state index in [1.54, 1.807) is 7.05 Å². The molecule has 1 aromatic rings. The lowest BCUT2D eigenvalue weighted by molar-refractivity contribution is -0.127. The number of urea groups is 1. The average molecular weight is 359 g/mol. The molecule has 140 valence electrons. The van der Waals surface area contributed by atoms with Gasteiger partial charge in [-0.1, -0.05) is 30.3 Å². The molecule has 1 aromatic carbocycles. The number of aliphatic hydroxyl groups is 1. The van der Waals surface area contributed by atoms with E-state index >= 15 is 0 Å². The summed E-state index contributed by atoms with van der Waals surface area (Å²) in [6, 6.07) is 8.22. The molecule has 8 nitrogen and oxygen atoms in total. The van der Waals surface area contributed by atoms with Gasteiger partial charge in [0.1, 0.15) is 0 Å². The van der Waals surface area contributed by atoms with Gasteiger partial charge in [-0.2, -0.15) is 0 Å². The summed E-state index contributed by atoms with van der Waals surface area (Å²) in [4.78, 5) is 34.4. The number of hydrogen-bond acceptors (Lipinski definition) is 6. The van der Waals surface area contributed by atoms with Crippen molar-refractivity contribution >= 4 is 17.9 Å². The number of amides is 3. The summed E-state index contributed by atoms with van der Waals surface area (Å²) in [5, 5.41) is 13.1. The van der Waals surface area contributed by atoms with Crippen molar-refractivity contribution in [2.24, 2.45) is 4.99 Å². The van der Waals surface area contributed by atoms with Gasteiger partial charge in [-0.05, 0) is 19.4 Å². The van der Waals surface area contributed by atoms with Crippen molar-refractivity contribution in [2.45, 2.75) is 32.2 Å². The first kappa shape index (κ1) is 18.2. The molecule has 2 heterocycles. The molecule has 0 spiro atoms. The number of aliphatic imine (C=N–C) groups is 1. The van der Waals surface area contributed by atoms with E-state index in [0.29, 0.717) is 19.0 Å². The number of β-amino-alcohol motifs (C(OH)–C–C–N with tert-alkyl or cyclic N) is 1. The Labute approximate surface area is 153 Å². The number of likely N-dealkylation sites (N-methyl/N-ethyl adjacent to an activating group) is 1. The maximum absolute atomic E-state index is 12.5. The van der Waals surface area contributed by atoms with Gasteiger partial charge in [-0.3, -0.25) is 10.1 Å². The lowest BCUT2D eigenvalue weighted by atomic mass is 10.1. The maximum Gasteiger partial charge on any atom is 0.325 e. The molecule has 8 heteroatoms. The molecule has 26 heavy (non-hydrogen) atoms. The molecule has 0 saturated carbocycles. The first-order valence-electron chi connectivity index (χ1n) is 8.88. The molecular formula is C18H25N5O3. The molecule has 0 bridgehead atoms. The van der Waals surface area contributed by atoms with Crippen molar-refractivity contribution < 1.29 is 14.7 Å². The Morgan fingerprint density at radius 3 is 2.50 bits per heavy atom. The molecule has 0 radical (unpaired) electrons. The van der Waals surface area contributed by atoms with Gasteiger partial charge in [-0.15, -0.1) is 0 Å². The molecule has 3 rings (SSSR count). The molecule has 3 unspecified atom stereocenters. The second-order valence-corrected chi connectivity index (χ2v) is 6.44. The number of aliphatic hydroxyl groups excluding tert-OH is 1. The van der Waals surface area contributed by atoms with Crippen molar-refractivity contribution in [3.05, 3.63) is 35.9 Å². The highest BCUT2D eigenvalue weighted by atomic mass is 16.3. The van der Waals surface area contributed by atoms with Gasteiger partial charge >= 0.3 is 6.03 Å². The summed E-state index contributed by atoms with van der Waals surface area (Å²) in [5.74, 6) is 0.251. The molecule has 2 aliphatic rings. The largest absolute Gasteiger partial charge is 0.387 e. The van der Waals surface area contributed by atoms with Crippen LogP contribution in [0, 0.1) is 0 Å². The van der Waals surface area contributed by atoms with Gasteiger partial charge in [0.25, 0.3) is 5.91 Å². The summed E-state index contributed by atoms with van der Waals surface area (Å²) in [6.07, 6.45) is -1.36. The van der Waals surface area contributed by atoms with E-state index < -0.39 is 24.3 Å². The maximum atomic E-state index is 12.5. The summed E-state index contributed by atoms with van der Waals surface area (Å²) < 4.78 is 0. The first-order chi connectivity index (χ1) is 12.5. The lowest BCUT2D eigenvalue weighted by Crippen LogP contribution is -2.64. The summed E-state index contributed by atoms with van der Waals surface area (Å²) in [6.45, 7) is 5.66. The van der Waals surface area contributed by atoms with Crippen LogP contribution in [0.25, 0.3) is 0 Å². The number of imide groups is 1. The van der Waals surface area contributed by atoms with Crippen LogP contribution < -0.4 is 5.32 Å². The van der Waals surface area contributed by atoms with Crippen LogP contribution in [-0.4, -0.2) is 76.6 Å². The van der Waals surface area contributed by atoms with Crippen LogP contribution in [0.2, 0.25) is 0 Å². The molecule has 3 atom stereocenters. The minimum absolute atomic E-state index is 0.218. The number of guanidine groups is 1. The van der Waals surface area contributed by atoms with Crippen molar-refractivity contribution in [3.8, 4) is 0 Å². The number of nitrogens with one attached hydrogen (secondary N) is 1. The Kier molecular flexibility index (Phi) is 5.13. The predicted molar refractivity (Wildman–Crippen MR) is 97.3 cm³/mol. The molecule has 0 aromatic heterocycles. The zero-order valence-electron chi connectivity index (χ0n) is 15.3. The van der Waals surface area contributed by atoms with Gasteiger partial charge in [0.05, 0.1) is 12.6 Å². The Morgan fingerprint density at radius 1 is 1.23 bits per heavy atom. The number of fused-ring (bicyclic) bond motifs is 1. The Hall–Kier alpha value is -2.61. The number of carbonyl (C=O) groups excluding carboxylic acids is 2. The summed E-state index contributed by atoms with van der Waals surface area (Å²) in [7, 11) is 1.62. The van der Waals surface area contributed by atoms with E-state index in [0.717, 1.165) is 5.56 Å². The predicted octanol–water partition coefficient (Wildman–Crippen LogP) is 0.610. The number of rotatable bonds is 5. The average Bonchev–Trinajstić information content (AvgIpc) is 3.01. The topological polar surface area (TPSA) is 88.5 Å². The first-order valence-corrected chi connectivity index (χ1v) is 8.88. The van der Waals surface area contributed by atoms with Crippen molar-refractivity contribution in [1.82, 2.24) is 20.0 Å². The molecule has 3 amide bonds. The van der Waals surface area contributed by atoms with Crippen LogP contribution in [0.15, 0.2) is 35.3 Å². The smallest absolute Gasteiger partial charge is 0.325 e. The third-order valence-corrected chi connectivity index (χ3v) is 4.94. The van der Waals surface area contributed by atoms with Crippen LogP contribution in [-0.2, 0) is 4.79 Å². The van der Waals surface area contributed by atoms with E-state index in [-0.39, 0.29) is 12.5 Å². The van der Waals surface area contributed by atoms with E-state index in [1.807, 2.05) is 54.0 Å². The second kappa shape index (κ2) is 7.33. The SMILES string of the molecule is CCN(CC)C1=NC2C(C(=O)NC(=O)N2C)N1CC(O)c1ccccc1. The van der Waals surface area contributed by atoms with Crippen LogP contribution >= 0.6 is 0 Å². The number of carbonyl (C=O) groups is 2. The number of nitrogens with zero attached hydrogens (tertiary/aromatic N) is 4. The van der Waals surface area contributed by atoms with E-state index in [1.165, 1.54) is 4.90 Å². The van der Waals surface area contributed by atoms with Crippen LogP contribution in [0.5, 0.6) is 0 Å². The van der Waals surface area contributed by atoms with Crippen LogP contribution in [0.4, 0.5) is 4.79 Å². The van der Waals surface area contributed by atoms with Gasteiger partial charge in [0.15, 0.2) is 18.2 Å². The molecule has 2 N–H and O–H groups in total. The van der Waals surface area contributed by atoms with Crippen molar-refractivity contribution in [1.29, 1.82) is 0 Å². The standard InChI is InChI=1S/C18H25N5O3/c1-4-22(5-2)17-19-15-14(16(25)20-18(26)21(15)3)23(17)11-13(24)12-9-7-6-8-10-12/h6-10,13-15,24H,4-5,11H2,1-3H3,(H,20,25,26). The quantitative estimate of drug-likeness (QED) is 0.804. The fraction of sp³-hybridized carbons (Fsp3) is 0.500. The Bertz CT molecular complexity index is 704. The zero-order chi connectivity index (χ0) is 18.8. The van der Waals surface area contributed by atoms with E-state index in [2.05, 4.69) is 10.3 Å². The van der Waals surface area contributed by atoms with Gasteiger partial charge < -0.3 is 19.8 Å². The number of benzene rings is 1. The molecule has 1 saturated heterocycles. The normalized spacial score (nSPS) is 23.5. The second-order valence-electron chi connectivity index (χ2n) is 6.44. The molecule has 0 aliphatic carbocycles. The van der Waals surface area contributed by atoms with E-state index in [9.17, 15) is 14.7 Å². The fourth-order valence-electron chi connectivity index (χ4n) is 3.44. The van der Waals surface area contributed by atoms with Crippen LogP contribution in [0.1, 0.15) is 25.5 Å². The highest BCUT2D eigenvalue weighted by Gasteiger charge is 2.49. The minimum atomic E-state index is -0.772. The minimum Gasteiger partial charge on any atom is -0.387 e. The third kappa shape index (κ3) is 3.12. The fourth-order valence-corrected chi connectivity index (χ4v) is 3.44. The third-order valence-electron chi connectivity index (χ3n) is 4.94. The van der Waals surface area contributed by atoms with Gasteiger partial charge in [0, 0.05) is 20.1 Å². The highest BCUT2D eigenvalue weighted by Crippen LogP contribution is 2.27. The monoisotopic (exact) mass is 359 g/mol. The molecule has 1 fully saturated rings. The van der Waals surface area contributed by atoms with Crippen molar-refractivity contribution in [2.75, 3.05) is 26.7 Å². The molecule has 2 aliphatic heterocycles.